The van der Waals surface area contributed by atoms with E-state index in [-0.39, 0.29) is 6.10 Å². The molecular weight excluding hydrogens is 226 g/mol. The second-order valence-corrected chi connectivity index (χ2v) is 4.76. The average molecular weight is 249 g/mol. The molecule has 1 atom stereocenters. The van der Waals surface area contributed by atoms with E-state index in [0.717, 1.165) is 24.5 Å². The van der Waals surface area contributed by atoms with Gasteiger partial charge in [-0.25, -0.2) is 9.97 Å². The molecule has 1 aromatic rings. The zero-order chi connectivity index (χ0) is 13.0. The van der Waals surface area contributed by atoms with E-state index in [2.05, 4.69) is 10.3 Å². The van der Waals surface area contributed by atoms with Crippen LogP contribution in [-0.4, -0.2) is 23.6 Å². The lowest BCUT2D eigenvalue weighted by molar-refractivity contribution is 0.0699. The summed E-state index contributed by atoms with van der Waals surface area (Å²) in [6.45, 7) is 4.71. The minimum Gasteiger partial charge on any atom is -0.373 e. The van der Waals surface area contributed by atoms with E-state index in [9.17, 15) is 0 Å². The monoisotopic (exact) mass is 249 g/mol. The van der Waals surface area contributed by atoms with Gasteiger partial charge < -0.3 is 10.1 Å². The number of hydrogen-bond donors (Lipinski definition) is 1. The van der Waals surface area contributed by atoms with Crippen molar-refractivity contribution in [3.8, 4) is 0 Å². The molecule has 0 bridgehead atoms. The van der Waals surface area contributed by atoms with Gasteiger partial charge in [0.25, 0.3) is 0 Å². The second-order valence-electron chi connectivity index (χ2n) is 4.76. The molecule has 2 rings (SSSR count). The fraction of sp³-hybridized carbons (Fsp3) is 0.714. The van der Waals surface area contributed by atoms with Crippen molar-refractivity contribution in [2.45, 2.75) is 52.1 Å². The van der Waals surface area contributed by atoms with E-state index in [0.29, 0.717) is 6.61 Å². The lowest BCUT2D eigenvalue weighted by atomic mass is 10.1. The largest absolute Gasteiger partial charge is 0.373 e. The summed E-state index contributed by atoms with van der Waals surface area (Å²) in [5.41, 5.74) is 2.52. The summed E-state index contributed by atoms with van der Waals surface area (Å²) in [5, 5.41) is 3.21. The number of nitrogens with zero attached hydrogens (tertiary/aromatic N) is 2. The molecule has 0 spiro atoms. The molecule has 1 unspecified atom stereocenters. The van der Waals surface area contributed by atoms with E-state index in [1.165, 1.54) is 30.5 Å². The highest BCUT2D eigenvalue weighted by Gasteiger charge is 2.18. The number of rotatable bonds is 4. The van der Waals surface area contributed by atoms with Gasteiger partial charge in [0.1, 0.15) is 11.9 Å². The maximum absolute atomic E-state index is 5.60. The number of anilines is 1. The Morgan fingerprint density at radius 3 is 2.72 bits per heavy atom. The first-order valence-electron chi connectivity index (χ1n) is 6.95. The number of hydrogen-bond acceptors (Lipinski definition) is 4. The van der Waals surface area contributed by atoms with Gasteiger partial charge in [0.15, 0.2) is 5.82 Å². The molecule has 1 heterocycles. The third-order valence-corrected chi connectivity index (χ3v) is 3.47. The van der Waals surface area contributed by atoms with Crippen molar-refractivity contribution in [2.24, 2.45) is 0 Å². The maximum Gasteiger partial charge on any atom is 0.159 e. The topological polar surface area (TPSA) is 47.0 Å². The first kappa shape index (κ1) is 13.3. The molecule has 0 saturated carbocycles. The fourth-order valence-electron chi connectivity index (χ4n) is 2.50. The van der Waals surface area contributed by atoms with Gasteiger partial charge in [-0.2, -0.15) is 0 Å². The third kappa shape index (κ3) is 2.80. The van der Waals surface area contributed by atoms with Gasteiger partial charge in [-0.1, -0.05) is 6.42 Å². The van der Waals surface area contributed by atoms with Crippen molar-refractivity contribution in [3.63, 3.8) is 0 Å². The predicted octanol–water partition coefficient (Wildman–Crippen LogP) is 2.88. The molecule has 0 radical (unpaired) electrons. The minimum atomic E-state index is -0.0318. The number of aryl methyl sites for hydroxylation is 1. The molecule has 0 saturated heterocycles. The van der Waals surface area contributed by atoms with Gasteiger partial charge in [0.05, 0.1) is 0 Å². The van der Waals surface area contributed by atoms with Crippen molar-refractivity contribution in [3.05, 3.63) is 17.1 Å². The highest BCUT2D eigenvalue weighted by Crippen LogP contribution is 2.26. The molecule has 1 N–H and O–H groups in total. The molecule has 4 heteroatoms. The summed E-state index contributed by atoms with van der Waals surface area (Å²) >= 11 is 0. The third-order valence-electron chi connectivity index (χ3n) is 3.47. The van der Waals surface area contributed by atoms with Crippen molar-refractivity contribution >= 4 is 5.82 Å². The van der Waals surface area contributed by atoms with E-state index in [4.69, 9.17) is 9.72 Å². The Kier molecular flexibility index (Phi) is 4.53. The normalized spacial score (nSPS) is 16.8. The molecule has 18 heavy (non-hydrogen) atoms. The highest BCUT2D eigenvalue weighted by atomic mass is 16.5. The predicted molar refractivity (Wildman–Crippen MR) is 72.9 cm³/mol. The van der Waals surface area contributed by atoms with Gasteiger partial charge in [0.2, 0.25) is 0 Å². The summed E-state index contributed by atoms with van der Waals surface area (Å²) in [6, 6.07) is 0. The lowest BCUT2D eigenvalue weighted by Crippen LogP contribution is -2.12. The average Bonchev–Trinajstić information content (AvgIpc) is 2.62. The van der Waals surface area contributed by atoms with E-state index >= 15 is 0 Å². The number of ether oxygens (including phenoxy) is 1. The van der Waals surface area contributed by atoms with Crippen LogP contribution >= 0.6 is 0 Å². The van der Waals surface area contributed by atoms with Gasteiger partial charge in [-0.05, 0) is 39.5 Å². The van der Waals surface area contributed by atoms with Crippen LogP contribution in [0.25, 0.3) is 0 Å². The van der Waals surface area contributed by atoms with Crippen LogP contribution in [0.15, 0.2) is 0 Å². The van der Waals surface area contributed by atoms with E-state index < -0.39 is 0 Å². The quantitative estimate of drug-likeness (QED) is 0.833. The van der Waals surface area contributed by atoms with Crippen molar-refractivity contribution in [2.75, 3.05) is 19.0 Å². The molecule has 4 nitrogen and oxygen atoms in total. The van der Waals surface area contributed by atoms with Gasteiger partial charge in [-0.3, -0.25) is 0 Å². The van der Waals surface area contributed by atoms with Gasteiger partial charge >= 0.3 is 0 Å². The number of nitrogens with one attached hydrogen (secondary N) is 1. The van der Waals surface area contributed by atoms with Gasteiger partial charge in [0, 0.05) is 24.9 Å². The molecule has 1 aliphatic carbocycles. The molecule has 0 amide bonds. The first-order chi connectivity index (χ1) is 8.76. The van der Waals surface area contributed by atoms with Crippen molar-refractivity contribution < 1.29 is 4.74 Å². The van der Waals surface area contributed by atoms with Crippen LogP contribution in [0.3, 0.4) is 0 Å². The smallest absolute Gasteiger partial charge is 0.159 e. The SMILES string of the molecule is CCOC(C)c1nc2c(c(NC)n1)CCCCC2. The molecule has 100 valence electrons. The Hall–Kier alpha value is -1.16. The molecule has 0 fully saturated rings. The summed E-state index contributed by atoms with van der Waals surface area (Å²) in [7, 11) is 1.93. The van der Waals surface area contributed by atoms with Crippen LogP contribution in [0.1, 0.15) is 56.3 Å². The molecule has 1 aliphatic rings. The van der Waals surface area contributed by atoms with E-state index in [1.807, 2.05) is 20.9 Å². The molecule has 1 aromatic heterocycles. The standard InChI is InChI=1S/C14H23N3O/c1-4-18-10(2)13-16-12-9-7-5-6-8-11(12)14(15-3)17-13/h10H,4-9H2,1-3H3,(H,15,16,17). The maximum atomic E-state index is 5.60. The Morgan fingerprint density at radius 1 is 1.22 bits per heavy atom. The van der Waals surface area contributed by atoms with Crippen molar-refractivity contribution in [1.82, 2.24) is 9.97 Å². The number of aromatic nitrogens is 2. The Morgan fingerprint density at radius 2 is 2.00 bits per heavy atom. The summed E-state index contributed by atoms with van der Waals surface area (Å²) in [5.74, 6) is 1.80. The Balaban J connectivity index is 2.36. The molecule has 0 aliphatic heterocycles. The zero-order valence-electron chi connectivity index (χ0n) is 11.6. The number of fused-ring (bicyclic) bond motifs is 1. The highest BCUT2D eigenvalue weighted by molar-refractivity contribution is 5.47. The van der Waals surface area contributed by atoms with Crippen LogP contribution in [0.5, 0.6) is 0 Å². The lowest BCUT2D eigenvalue weighted by Gasteiger charge is -2.16. The van der Waals surface area contributed by atoms with Crippen LogP contribution in [0, 0.1) is 0 Å². The fourth-order valence-corrected chi connectivity index (χ4v) is 2.50. The minimum absolute atomic E-state index is 0.0318. The van der Waals surface area contributed by atoms with Crippen LogP contribution in [0.4, 0.5) is 5.82 Å². The summed E-state index contributed by atoms with van der Waals surface area (Å²) in [4.78, 5) is 9.34. The first-order valence-corrected chi connectivity index (χ1v) is 6.95. The zero-order valence-corrected chi connectivity index (χ0v) is 11.6. The molecule has 0 aromatic carbocycles. The summed E-state index contributed by atoms with van der Waals surface area (Å²) in [6.07, 6.45) is 5.89. The summed E-state index contributed by atoms with van der Waals surface area (Å²) < 4.78 is 5.60. The van der Waals surface area contributed by atoms with E-state index in [1.54, 1.807) is 0 Å². The van der Waals surface area contributed by atoms with Crippen LogP contribution in [-0.2, 0) is 17.6 Å². The Labute approximate surface area is 109 Å². The molecular formula is C14H23N3O. The van der Waals surface area contributed by atoms with Gasteiger partial charge in [-0.15, -0.1) is 0 Å². The van der Waals surface area contributed by atoms with Crippen molar-refractivity contribution in [1.29, 1.82) is 0 Å². The van der Waals surface area contributed by atoms with Crippen LogP contribution in [0.2, 0.25) is 0 Å². The Bertz CT molecular complexity index is 406. The van der Waals surface area contributed by atoms with Crippen LogP contribution < -0.4 is 5.32 Å². The second kappa shape index (κ2) is 6.14.